The van der Waals surface area contributed by atoms with Crippen molar-refractivity contribution in [2.75, 3.05) is 7.11 Å². The third-order valence-electron chi connectivity index (χ3n) is 7.53. The first-order valence-electron chi connectivity index (χ1n) is 10.9. The van der Waals surface area contributed by atoms with E-state index in [0.29, 0.717) is 12.1 Å². The summed E-state index contributed by atoms with van der Waals surface area (Å²) in [6.07, 6.45) is 3.57. The first kappa shape index (κ1) is 19.2. The van der Waals surface area contributed by atoms with Crippen LogP contribution in [0, 0.1) is 10.8 Å². The number of nitrogens with zero attached hydrogens (tertiary/aromatic N) is 1. The molecule has 6 rings (SSSR count). The van der Waals surface area contributed by atoms with Crippen molar-refractivity contribution in [3.05, 3.63) is 72.1 Å². The number of carbonyl (C=O) groups excluding carboxylic acids is 2. The lowest BCUT2D eigenvalue weighted by molar-refractivity contribution is -0.144. The number of carbonyl (C=O) groups is 2. The highest BCUT2D eigenvalue weighted by atomic mass is 16.5. The molecule has 2 aromatic carbocycles. The van der Waals surface area contributed by atoms with Gasteiger partial charge in [0.2, 0.25) is 0 Å². The van der Waals surface area contributed by atoms with Crippen molar-refractivity contribution in [1.29, 1.82) is 0 Å². The normalized spacial score (nSPS) is 24.2. The number of furan rings is 1. The topological polar surface area (TPSA) is 73.5 Å². The zero-order valence-electron chi connectivity index (χ0n) is 18.1. The van der Waals surface area contributed by atoms with Crippen LogP contribution in [0.15, 0.2) is 65.2 Å². The van der Waals surface area contributed by atoms with Gasteiger partial charge in [0.15, 0.2) is 0 Å². The van der Waals surface area contributed by atoms with Crippen molar-refractivity contribution in [2.45, 2.75) is 32.4 Å². The molecular weight excluding hydrogens is 404 g/mol. The number of hydrogen-bond donors (Lipinski definition) is 1. The van der Waals surface area contributed by atoms with Gasteiger partial charge in [-0.15, -0.1) is 0 Å². The number of aromatic nitrogens is 1. The Hall–Kier alpha value is -3.54. The lowest BCUT2D eigenvalue weighted by Crippen LogP contribution is -2.36. The van der Waals surface area contributed by atoms with Gasteiger partial charge in [0.25, 0.3) is 5.91 Å². The number of amides is 1. The summed E-state index contributed by atoms with van der Waals surface area (Å²) in [5, 5.41) is 5.22. The molecule has 1 unspecified atom stereocenters. The monoisotopic (exact) mass is 428 g/mol. The second kappa shape index (κ2) is 6.48. The van der Waals surface area contributed by atoms with E-state index in [1.54, 1.807) is 0 Å². The minimum atomic E-state index is -0.373. The molecule has 1 amide bonds. The van der Waals surface area contributed by atoms with E-state index in [2.05, 4.69) is 9.88 Å². The number of nitrogens with one attached hydrogen (secondary N) is 1. The molecular formula is C26H24N2O4. The lowest BCUT2D eigenvalue weighted by atomic mass is 10.1. The van der Waals surface area contributed by atoms with Gasteiger partial charge in [-0.1, -0.05) is 30.3 Å². The van der Waals surface area contributed by atoms with Gasteiger partial charge in [-0.3, -0.25) is 9.59 Å². The van der Waals surface area contributed by atoms with E-state index in [9.17, 15) is 9.59 Å². The highest BCUT2D eigenvalue weighted by Gasteiger charge is 2.89. The van der Waals surface area contributed by atoms with Crippen LogP contribution in [0.5, 0.6) is 0 Å². The third-order valence-corrected chi connectivity index (χ3v) is 7.53. The number of fused-ring (bicyclic) bond motifs is 3. The summed E-state index contributed by atoms with van der Waals surface area (Å²) in [5.41, 5.74) is 1.84. The molecule has 32 heavy (non-hydrogen) atoms. The van der Waals surface area contributed by atoms with Crippen LogP contribution in [0.2, 0.25) is 0 Å². The van der Waals surface area contributed by atoms with Gasteiger partial charge in [-0.25, -0.2) is 0 Å². The van der Waals surface area contributed by atoms with Crippen LogP contribution in [0.3, 0.4) is 0 Å². The summed E-state index contributed by atoms with van der Waals surface area (Å²) >= 11 is 0. The Balaban J connectivity index is 1.27. The third kappa shape index (κ3) is 2.58. The summed E-state index contributed by atoms with van der Waals surface area (Å²) < 4.78 is 13.0. The second-order valence-electron chi connectivity index (χ2n) is 9.22. The van der Waals surface area contributed by atoms with E-state index in [1.807, 2.05) is 67.7 Å². The summed E-state index contributed by atoms with van der Waals surface area (Å²) in [5.74, 6) is 0.560. The van der Waals surface area contributed by atoms with Crippen LogP contribution in [0.25, 0.3) is 21.9 Å². The molecule has 0 saturated heterocycles. The zero-order chi connectivity index (χ0) is 22.1. The molecule has 6 heteroatoms. The molecule has 0 aliphatic heterocycles. The molecule has 4 aromatic rings. The van der Waals surface area contributed by atoms with Crippen LogP contribution < -0.4 is 5.32 Å². The molecule has 2 fully saturated rings. The first-order valence-corrected chi connectivity index (χ1v) is 10.9. The van der Waals surface area contributed by atoms with Gasteiger partial charge < -0.3 is 19.0 Å². The van der Waals surface area contributed by atoms with Gasteiger partial charge in [0, 0.05) is 28.4 Å². The fourth-order valence-electron chi connectivity index (χ4n) is 5.47. The van der Waals surface area contributed by atoms with Crippen LogP contribution >= 0.6 is 0 Å². The summed E-state index contributed by atoms with van der Waals surface area (Å²) in [6, 6.07) is 17.7. The number of para-hydroxylation sites is 2. The van der Waals surface area contributed by atoms with Crippen molar-refractivity contribution in [3.8, 4) is 0 Å². The quantitative estimate of drug-likeness (QED) is 0.459. The van der Waals surface area contributed by atoms with E-state index in [1.165, 1.54) is 7.11 Å². The van der Waals surface area contributed by atoms with E-state index >= 15 is 0 Å². The number of hydrogen-bond acceptors (Lipinski definition) is 4. The average Bonchev–Trinajstić information content (AvgIpc) is 3.49. The summed E-state index contributed by atoms with van der Waals surface area (Å²) in [6.45, 7) is 2.52. The highest BCUT2D eigenvalue weighted by Crippen LogP contribution is 2.87. The highest BCUT2D eigenvalue weighted by molar-refractivity contribution is 6.06. The Kier molecular flexibility index (Phi) is 3.88. The minimum Gasteiger partial charge on any atom is -0.469 e. The van der Waals surface area contributed by atoms with Crippen molar-refractivity contribution in [2.24, 2.45) is 10.8 Å². The molecule has 2 saturated carbocycles. The molecule has 0 radical (unpaired) electrons. The molecule has 2 aliphatic carbocycles. The zero-order valence-corrected chi connectivity index (χ0v) is 18.1. The Morgan fingerprint density at radius 1 is 1.12 bits per heavy atom. The Bertz CT molecular complexity index is 1360. The first-order chi connectivity index (χ1) is 15.5. The number of rotatable bonds is 6. The maximum Gasteiger partial charge on any atom is 0.312 e. The smallest absolute Gasteiger partial charge is 0.312 e. The largest absolute Gasteiger partial charge is 0.469 e. The fourth-order valence-corrected chi connectivity index (χ4v) is 5.47. The molecule has 0 spiro atoms. The summed E-state index contributed by atoms with van der Waals surface area (Å²) in [7, 11) is 1.43. The maximum absolute atomic E-state index is 13.3. The average molecular weight is 428 g/mol. The predicted molar refractivity (Wildman–Crippen MR) is 120 cm³/mol. The van der Waals surface area contributed by atoms with Crippen molar-refractivity contribution >= 4 is 33.7 Å². The predicted octanol–water partition coefficient (Wildman–Crippen LogP) is 4.51. The molecule has 1 atom stereocenters. The molecule has 0 bridgehead atoms. The number of esters is 1. The SMILES string of the molecule is COC(=O)C12CC1(C(C)NC(=O)c1cccc3ccn(Cc4cc5ccccc5o4)c13)C2. The van der Waals surface area contributed by atoms with Crippen molar-refractivity contribution in [3.63, 3.8) is 0 Å². The molecule has 6 nitrogen and oxygen atoms in total. The van der Waals surface area contributed by atoms with Gasteiger partial charge >= 0.3 is 5.97 Å². The van der Waals surface area contributed by atoms with Crippen LogP contribution in [0.4, 0.5) is 0 Å². The number of methoxy groups -OCH3 is 1. The molecule has 2 aliphatic rings. The van der Waals surface area contributed by atoms with E-state index in [-0.39, 0.29) is 28.7 Å². The van der Waals surface area contributed by atoms with Gasteiger partial charge in [-0.05, 0) is 44.0 Å². The van der Waals surface area contributed by atoms with E-state index < -0.39 is 0 Å². The van der Waals surface area contributed by atoms with Crippen LogP contribution in [0.1, 0.15) is 35.9 Å². The summed E-state index contributed by atoms with van der Waals surface area (Å²) in [4.78, 5) is 25.4. The Labute approximate surface area is 185 Å². The Morgan fingerprint density at radius 2 is 1.91 bits per heavy atom. The maximum atomic E-state index is 13.3. The number of benzene rings is 2. The Morgan fingerprint density at radius 3 is 2.69 bits per heavy atom. The van der Waals surface area contributed by atoms with Crippen LogP contribution in [-0.2, 0) is 16.1 Å². The molecule has 2 heterocycles. The van der Waals surface area contributed by atoms with Gasteiger partial charge in [0.1, 0.15) is 11.3 Å². The van der Waals surface area contributed by atoms with E-state index in [0.717, 1.165) is 40.5 Å². The molecule has 2 aromatic heterocycles. The minimum absolute atomic E-state index is 0.0943. The molecule has 162 valence electrons. The van der Waals surface area contributed by atoms with Crippen molar-refractivity contribution in [1.82, 2.24) is 9.88 Å². The second-order valence-corrected chi connectivity index (χ2v) is 9.22. The standard InChI is InChI=1S/C26H24N2O4/c1-16(25-14-26(25,15-25)24(30)31-2)27-23(29)20-8-5-7-17-10-11-28(22(17)20)13-19-12-18-6-3-4-9-21(18)32-19/h3-12,16H,13-15H2,1-2H3,(H,27,29). The number of ether oxygens (including phenoxy) is 1. The van der Waals surface area contributed by atoms with Gasteiger partial charge in [0.05, 0.1) is 30.1 Å². The van der Waals surface area contributed by atoms with Crippen LogP contribution in [-0.4, -0.2) is 29.6 Å². The lowest BCUT2D eigenvalue weighted by Gasteiger charge is -2.17. The molecule has 1 N–H and O–H groups in total. The van der Waals surface area contributed by atoms with E-state index in [4.69, 9.17) is 9.15 Å². The van der Waals surface area contributed by atoms with Gasteiger partial charge in [-0.2, -0.15) is 0 Å². The fraction of sp³-hybridized carbons (Fsp3) is 0.308. The van der Waals surface area contributed by atoms with Crippen molar-refractivity contribution < 1.29 is 18.7 Å².